The van der Waals surface area contributed by atoms with Gasteiger partial charge in [0, 0.05) is 27.5 Å². The number of hydrogen-bond donors (Lipinski definition) is 2. The number of methoxy groups -OCH3 is 1. The van der Waals surface area contributed by atoms with Crippen molar-refractivity contribution in [2.45, 2.75) is 20.3 Å². The number of thiazole rings is 1. The van der Waals surface area contributed by atoms with E-state index in [0.29, 0.717) is 11.6 Å². The van der Waals surface area contributed by atoms with Gasteiger partial charge in [-0.15, -0.1) is 11.3 Å². The number of aryl methyl sites for hydroxylation is 2. The minimum atomic E-state index is -0.0684. The molecule has 2 aromatic heterocycles. The first kappa shape index (κ1) is 18.3. The fraction of sp³-hybridized carbons (Fsp3) is 0.182. The van der Waals surface area contributed by atoms with Crippen LogP contribution < -0.4 is 10.1 Å². The van der Waals surface area contributed by atoms with Gasteiger partial charge in [0.2, 0.25) is 5.91 Å². The smallest absolute Gasteiger partial charge is 0.230 e. The van der Waals surface area contributed by atoms with E-state index in [1.807, 2.05) is 36.6 Å². The number of nitrogens with one attached hydrogen (secondary N) is 2. The molecule has 6 heteroatoms. The van der Waals surface area contributed by atoms with Crippen LogP contribution in [0.1, 0.15) is 16.8 Å². The Bertz CT molecular complexity index is 1140. The Morgan fingerprint density at radius 3 is 2.71 bits per heavy atom. The molecule has 0 saturated heterocycles. The Morgan fingerprint density at radius 1 is 1.18 bits per heavy atom. The van der Waals surface area contributed by atoms with Crippen LogP contribution in [0, 0.1) is 13.8 Å². The van der Waals surface area contributed by atoms with Gasteiger partial charge in [-0.3, -0.25) is 4.79 Å². The molecule has 0 aliphatic carbocycles. The van der Waals surface area contributed by atoms with Crippen LogP contribution in [0.5, 0.6) is 5.75 Å². The van der Waals surface area contributed by atoms with Gasteiger partial charge in [0.25, 0.3) is 0 Å². The molecular weight excluding hydrogens is 370 g/mol. The molecule has 4 aromatic rings. The van der Waals surface area contributed by atoms with Crippen molar-refractivity contribution in [3.63, 3.8) is 0 Å². The van der Waals surface area contributed by atoms with Crippen molar-refractivity contribution in [3.05, 3.63) is 64.7 Å². The van der Waals surface area contributed by atoms with Crippen molar-refractivity contribution in [2.24, 2.45) is 0 Å². The van der Waals surface area contributed by atoms with Crippen LogP contribution in [0.4, 0.5) is 5.13 Å². The fourth-order valence-electron chi connectivity index (χ4n) is 3.27. The number of carbonyl (C=O) groups is 1. The van der Waals surface area contributed by atoms with Crippen molar-refractivity contribution in [1.82, 2.24) is 9.97 Å². The lowest BCUT2D eigenvalue weighted by molar-refractivity contribution is -0.115. The molecule has 0 unspecified atom stereocenters. The fourth-order valence-corrected chi connectivity index (χ4v) is 4.01. The van der Waals surface area contributed by atoms with Gasteiger partial charge in [-0.2, -0.15) is 0 Å². The first-order chi connectivity index (χ1) is 13.5. The number of hydrogen-bond acceptors (Lipinski definition) is 4. The third-order valence-corrected chi connectivity index (χ3v) is 5.51. The zero-order valence-corrected chi connectivity index (χ0v) is 16.8. The number of amides is 1. The predicted molar refractivity (Wildman–Crippen MR) is 114 cm³/mol. The first-order valence-electron chi connectivity index (χ1n) is 9.01. The lowest BCUT2D eigenvalue weighted by Gasteiger charge is -2.03. The number of carbonyl (C=O) groups excluding carboxylic acids is 1. The van der Waals surface area contributed by atoms with Crippen LogP contribution in [0.3, 0.4) is 0 Å². The number of H-pyrrole nitrogens is 1. The third kappa shape index (κ3) is 3.64. The monoisotopic (exact) mass is 391 g/mol. The van der Waals surface area contributed by atoms with Gasteiger partial charge in [-0.25, -0.2) is 4.98 Å². The Labute approximate surface area is 167 Å². The molecule has 4 rings (SSSR count). The summed E-state index contributed by atoms with van der Waals surface area (Å²) in [6.45, 7) is 4.06. The molecule has 5 nitrogen and oxygen atoms in total. The second-order valence-corrected chi connectivity index (χ2v) is 7.63. The third-order valence-electron chi connectivity index (χ3n) is 4.75. The van der Waals surface area contributed by atoms with Crippen molar-refractivity contribution in [2.75, 3.05) is 12.4 Å². The molecule has 0 saturated carbocycles. The zero-order chi connectivity index (χ0) is 19.7. The maximum Gasteiger partial charge on any atom is 0.230 e. The van der Waals surface area contributed by atoms with E-state index in [-0.39, 0.29) is 5.91 Å². The second-order valence-electron chi connectivity index (χ2n) is 6.77. The molecular formula is C22H21N3O2S. The van der Waals surface area contributed by atoms with Gasteiger partial charge in [0.15, 0.2) is 5.13 Å². The summed E-state index contributed by atoms with van der Waals surface area (Å²) in [7, 11) is 1.64. The summed E-state index contributed by atoms with van der Waals surface area (Å²) in [4.78, 5) is 20.5. The molecule has 2 aromatic carbocycles. The van der Waals surface area contributed by atoms with E-state index in [1.54, 1.807) is 7.11 Å². The number of benzene rings is 2. The molecule has 2 heterocycles. The Hall–Kier alpha value is -3.12. The second kappa shape index (κ2) is 7.48. The molecule has 28 heavy (non-hydrogen) atoms. The number of anilines is 1. The lowest BCUT2D eigenvalue weighted by atomic mass is 10.1. The molecule has 0 fully saturated rings. The Morgan fingerprint density at radius 2 is 1.96 bits per heavy atom. The van der Waals surface area contributed by atoms with Crippen molar-refractivity contribution in [1.29, 1.82) is 0 Å². The first-order valence-corrected chi connectivity index (χ1v) is 9.89. The highest BCUT2D eigenvalue weighted by molar-refractivity contribution is 7.14. The summed E-state index contributed by atoms with van der Waals surface area (Å²) in [6.07, 6.45) is 0.312. The van der Waals surface area contributed by atoms with Gasteiger partial charge in [-0.1, -0.05) is 11.6 Å². The molecule has 2 N–H and O–H groups in total. The number of aromatic amines is 1. The summed E-state index contributed by atoms with van der Waals surface area (Å²) in [5.41, 5.74) is 6.11. The molecule has 0 radical (unpaired) electrons. The Balaban J connectivity index is 1.49. The van der Waals surface area contributed by atoms with Gasteiger partial charge in [0.1, 0.15) is 5.75 Å². The van der Waals surface area contributed by atoms with Crippen LogP contribution in [-0.4, -0.2) is 23.0 Å². The van der Waals surface area contributed by atoms with E-state index in [4.69, 9.17) is 4.74 Å². The van der Waals surface area contributed by atoms with Crippen molar-refractivity contribution >= 4 is 33.3 Å². The van der Waals surface area contributed by atoms with Crippen LogP contribution in [-0.2, 0) is 11.2 Å². The topological polar surface area (TPSA) is 67.0 Å². The highest BCUT2D eigenvalue weighted by Crippen LogP contribution is 2.27. The molecule has 142 valence electrons. The van der Waals surface area contributed by atoms with Crippen LogP contribution >= 0.6 is 11.3 Å². The minimum absolute atomic E-state index is 0.0684. The predicted octanol–water partition coefficient (Wildman–Crippen LogP) is 5.10. The van der Waals surface area contributed by atoms with Crippen LogP contribution in [0.2, 0.25) is 0 Å². The number of fused-ring (bicyclic) bond motifs is 1. The maximum atomic E-state index is 12.6. The quantitative estimate of drug-likeness (QED) is 0.497. The molecule has 0 atom stereocenters. The van der Waals surface area contributed by atoms with Crippen LogP contribution in [0.15, 0.2) is 47.8 Å². The van der Waals surface area contributed by atoms with Crippen molar-refractivity contribution < 1.29 is 9.53 Å². The van der Waals surface area contributed by atoms with Gasteiger partial charge in [0.05, 0.1) is 19.2 Å². The zero-order valence-electron chi connectivity index (χ0n) is 16.0. The van der Waals surface area contributed by atoms with E-state index in [0.717, 1.165) is 39.2 Å². The minimum Gasteiger partial charge on any atom is -0.497 e. The standard InChI is InChI=1S/C22H21N3O2S/c1-13-4-9-19-18(10-13)17(14(2)23-19)11-21(26)25-22-24-20(12-28-22)15-5-7-16(27-3)8-6-15/h4-10,12,23H,11H2,1-3H3,(H,24,25,26). The summed E-state index contributed by atoms with van der Waals surface area (Å²) < 4.78 is 5.18. The van der Waals surface area contributed by atoms with Gasteiger partial charge < -0.3 is 15.0 Å². The summed E-state index contributed by atoms with van der Waals surface area (Å²) in [5, 5.41) is 6.58. The average Bonchev–Trinajstić information content (AvgIpc) is 3.27. The molecule has 0 aliphatic rings. The lowest BCUT2D eigenvalue weighted by Crippen LogP contribution is -2.14. The summed E-state index contributed by atoms with van der Waals surface area (Å²) in [5.74, 6) is 0.734. The summed E-state index contributed by atoms with van der Waals surface area (Å²) >= 11 is 1.42. The van der Waals surface area contributed by atoms with Crippen LogP contribution in [0.25, 0.3) is 22.2 Å². The highest BCUT2D eigenvalue weighted by atomic mass is 32.1. The largest absolute Gasteiger partial charge is 0.497 e. The van der Waals surface area contributed by atoms with E-state index < -0.39 is 0 Å². The number of rotatable bonds is 5. The summed E-state index contributed by atoms with van der Waals surface area (Å²) in [6, 6.07) is 13.9. The number of aromatic nitrogens is 2. The van der Waals surface area contributed by atoms with E-state index >= 15 is 0 Å². The van der Waals surface area contributed by atoms with Crippen molar-refractivity contribution in [3.8, 4) is 17.0 Å². The number of nitrogens with zero attached hydrogens (tertiary/aromatic N) is 1. The Kier molecular flexibility index (Phi) is 4.88. The molecule has 0 spiro atoms. The molecule has 0 bridgehead atoms. The molecule has 1 amide bonds. The molecule has 0 aliphatic heterocycles. The maximum absolute atomic E-state index is 12.6. The normalized spacial score (nSPS) is 11.0. The van der Waals surface area contributed by atoms with Gasteiger partial charge in [-0.05, 0) is 55.8 Å². The van der Waals surface area contributed by atoms with Gasteiger partial charge >= 0.3 is 0 Å². The van der Waals surface area contributed by atoms with E-state index in [9.17, 15) is 4.79 Å². The highest BCUT2D eigenvalue weighted by Gasteiger charge is 2.14. The average molecular weight is 391 g/mol. The van der Waals surface area contributed by atoms with E-state index in [1.165, 1.54) is 16.9 Å². The van der Waals surface area contributed by atoms with E-state index in [2.05, 4.69) is 40.4 Å². The number of ether oxygens (including phenoxy) is 1. The SMILES string of the molecule is COc1ccc(-c2csc(NC(=O)Cc3c(C)[nH]c4ccc(C)cc34)n2)cc1.